The van der Waals surface area contributed by atoms with Gasteiger partial charge in [-0.3, -0.25) is 4.90 Å². The monoisotopic (exact) mass is 228 g/mol. The van der Waals surface area contributed by atoms with E-state index >= 15 is 0 Å². The lowest BCUT2D eigenvalue weighted by molar-refractivity contribution is 0.137. The van der Waals surface area contributed by atoms with Gasteiger partial charge in [0, 0.05) is 32.3 Å². The van der Waals surface area contributed by atoms with E-state index in [0.29, 0.717) is 0 Å². The third-order valence-electron chi connectivity index (χ3n) is 3.49. The molecule has 0 aromatic carbocycles. The summed E-state index contributed by atoms with van der Waals surface area (Å²) in [6.07, 6.45) is 3.80. The number of hydrogen-bond acceptors (Lipinski definition) is 3. The van der Waals surface area contributed by atoms with E-state index in [1.807, 2.05) is 0 Å². The highest BCUT2D eigenvalue weighted by Gasteiger charge is 2.29. The summed E-state index contributed by atoms with van der Waals surface area (Å²) < 4.78 is 5.15. The highest BCUT2D eigenvalue weighted by molar-refractivity contribution is 4.86. The Hall–Kier alpha value is -0.120. The van der Waals surface area contributed by atoms with E-state index in [4.69, 9.17) is 10.5 Å². The Morgan fingerprint density at radius 1 is 1.31 bits per heavy atom. The molecule has 0 saturated heterocycles. The van der Waals surface area contributed by atoms with Crippen molar-refractivity contribution in [3.8, 4) is 0 Å². The first-order valence-corrected chi connectivity index (χ1v) is 6.43. The summed E-state index contributed by atoms with van der Waals surface area (Å²) in [5, 5.41) is 0. The number of ether oxygens (including phenoxy) is 1. The summed E-state index contributed by atoms with van der Waals surface area (Å²) in [7, 11) is 1.77. The lowest BCUT2D eigenvalue weighted by Gasteiger charge is -2.30. The lowest BCUT2D eigenvalue weighted by Crippen LogP contribution is -2.40. The van der Waals surface area contributed by atoms with Gasteiger partial charge in [0.2, 0.25) is 0 Å². The summed E-state index contributed by atoms with van der Waals surface area (Å²) in [6.45, 7) is 9.66. The molecule has 1 fully saturated rings. The lowest BCUT2D eigenvalue weighted by atomic mass is 9.85. The van der Waals surface area contributed by atoms with Gasteiger partial charge in [-0.2, -0.15) is 0 Å². The first-order valence-electron chi connectivity index (χ1n) is 6.43. The molecule has 0 aliphatic heterocycles. The van der Waals surface area contributed by atoms with Crippen LogP contribution in [-0.2, 0) is 4.74 Å². The van der Waals surface area contributed by atoms with Gasteiger partial charge in [-0.05, 0) is 24.7 Å². The molecule has 16 heavy (non-hydrogen) atoms. The number of nitrogens with two attached hydrogens (primary N) is 1. The Labute approximate surface area is 100 Å². The molecule has 1 unspecified atom stereocenters. The first-order chi connectivity index (χ1) is 7.45. The molecular formula is C13H28N2O. The van der Waals surface area contributed by atoms with Gasteiger partial charge in [-0.25, -0.2) is 0 Å². The molecule has 0 heterocycles. The van der Waals surface area contributed by atoms with Gasteiger partial charge in [0.15, 0.2) is 0 Å². The second-order valence-electron chi connectivity index (χ2n) is 6.02. The van der Waals surface area contributed by atoms with Gasteiger partial charge in [0.25, 0.3) is 0 Å². The quantitative estimate of drug-likeness (QED) is 0.723. The Kier molecular flexibility index (Phi) is 5.22. The van der Waals surface area contributed by atoms with Gasteiger partial charge in [0.05, 0.1) is 6.61 Å². The van der Waals surface area contributed by atoms with Crippen LogP contribution >= 0.6 is 0 Å². The fraction of sp³-hybridized carbons (Fsp3) is 1.00. The van der Waals surface area contributed by atoms with Crippen molar-refractivity contribution < 1.29 is 4.74 Å². The third-order valence-corrected chi connectivity index (χ3v) is 3.49. The maximum absolute atomic E-state index is 6.19. The van der Waals surface area contributed by atoms with Gasteiger partial charge in [0.1, 0.15) is 0 Å². The van der Waals surface area contributed by atoms with Gasteiger partial charge in [-0.15, -0.1) is 0 Å². The molecule has 1 aliphatic carbocycles. The van der Waals surface area contributed by atoms with E-state index in [2.05, 4.69) is 25.7 Å². The first kappa shape index (κ1) is 13.9. The van der Waals surface area contributed by atoms with Crippen LogP contribution < -0.4 is 5.73 Å². The van der Waals surface area contributed by atoms with E-state index < -0.39 is 0 Å². The predicted octanol–water partition coefficient (Wildman–Crippen LogP) is 1.86. The largest absolute Gasteiger partial charge is 0.383 e. The molecule has 3 nitrogen and oxygen atoms in total. The molecule has 0 radical (unpaired) electrons. The highest BCUT2D eigenvalue weighted by Crippen LogP contribution is 2.28. The van der Waals surface area contributed by atoms with E-state index in [1.54, 1.807) is 7.11 Å². The third kappa shape index (κ3) is 4.81. The summed E-state index contributed by atoms with van der Waals surface area (Å²) >= 11 is 0. The minimum Gasteiger partial charge on any atom is -0.383 e. The maximum atomic E-state index is 6.19. The molecule has 0 aromatic rings. The van der Waals surface area contributed by atoms with Crippen LogP contribution in [0, 0.1) is 5.41 Å². The summed E-state index contributed by atoms with van der Waals surface area (Å²) in [4.78, 5) is 2.54. The van der Waals surface area contributed by atoms with E-state index in [1.165, 1.54) is 12.8 Å². The summed E-state index contributed by atoms with van der Waals surface area (Å²) in [5.41, 5.74) is 6.41. The molecule has 1 atom stereocenters. The Balaban J connectivity index is 2.26. The average molecular weight is 228 g/mol. The molecular weight excluding hydrogens is 200 g/mol. The minimum atomic E-state index is 0.219. The zero-order valence-electron chi connectivity index (χ0n) is 11.3. The molecule has 1 aliphatic rings. The Morgan fingerprint density at radius 3 is 2.38 bits per heavy atom. The number of nitrogens with zero attached hydrogens (tertiary/aromatic N) is 1. The van der Waals surface area contributed by atoms with Crippen molar-refractivity contribution >= 4 is 0 Å². The van der Waals surface area contributed by atoms with E-state index in [9.17, 15) is 0 Å². The van der Waals surface area contributed by atoms with Crippen LogP contribution in [0.1, 0.15) is 40.0 Å². The average Bonchev–Trinajstić information content (AvgIpc) is 2.99. The molecule has 0 spiro atoms. The smallest absolute Gasteiger partial charge is 0.0589 e. The number of rotatable bonds is 7. The molecule has 0 amide bonds. The van der Waals surface area contributed by atoms with E-state index in [0.717, 1.165) is 32.2 Å². The van der Waals surface area contributed by atoms with E-state index in [-0.39, 0.29) is 11.5 Å². The zero-order chi connectivity index (χ0) is 12.2. The molecule has 1 saturated carbocycles. The molecule has 3 heteroatoms. The number of methoxy groups -OCH3 is 1. The van der Waals surface area contributed by atoms with Crippen molar-refractivity contribution in [3.63, 3.8) is 0 Å². The van der Waals surface area contributed by atoms with Crippen LogP contribution in [0.3, 0.4) is 0 Å². The number of hydrogen-bond donors (Lipinski definition) is 1. The fourth-order valence-electron chi connectivity index (χ4n) is 1.86. The molecule has 1 rings (SSSR count). The predicted molar refractivity (Wildman–Crippen MR) is 68.5 cm³/mol. The van der Waals surface area contributed by atoms with Crippen molar-refractivity contribution in [1.82, 2.24) is 4.90 Å². The normalized spacial score (nSPS) is 19.1. The van der Waals surface area contributed by atoms with Crippen LogP contribution in [0.25, 0.3) is 0 Å². The Bertz CT molecular complexity index is 197. The SMILES string of the molecule is COCCN(CCC(N)C(C)(C)C)C1CC1. The van der Waals surface area contributed by atoms with Gasteiger partial charge in [-0.1, -0.05) is 20.8 Å². The van der Waals surface area contributed by atoms with Crippen molar-refractivity contribution in [3.05, 3.63) is 0 Å². The highest BCUT2D eigenvalue weighted by atomic mass is 16.5. The van der Waals surface area contributed by atoms with Crippen molar-refractivity contribution in [1.29, 1.82) is 0 Å². The second kappa shape index (κ2) is 5.99. The topological polar surface area (TPSA) is 38.5 Å². The van der Waals surface area contributed by atoms with Crippen molar-refractivity contribution in [2.24, 2.45) is 11.1 Å². The van der Waals surface area contributed by atoms with Gasteiger partial charge >= 0.3 is 0 Å². The van der Waals surface area contributed by atoms with Crippen LogP contribution in [0.4, 0.5) is 0 Å². The maximum Gasteiger partial charge on any atom is 0.0589 e. The molecule has 96 valence electrons. The van der Waals surface area contributed by atoms with Crippen LogP contribution in [0.5, 0.6) is 0 Å². The van der Waals surface area contributed by atoms with Crippen LogP contribution in [0.15, 0.2) is 0 Å². The van der Waals surface area contributed by atoms with Crippen LogP contribution in [0.2, 0.25) is 0 Å². The zero-order valence-corrected chi connectivity index (χ0v) is 11.3. The molecule has 2 N–H and O–H groups in total. The van der Waals surface area contributed by atoms with Gasteiger partial charge < -0.3 is 10.5 Å². The van der Waals surface area contributed by atoms with Crippen molar-refractivity contribution in [2.75, 3.05) is 26.8 Å². The molecule has 0 bridgehead atoms. The second-order valence-corrected chi connectivity index (χ2v) is 6.02. The Morgan fingerprint density at radius 2 is 1.94 bits per heavy atom. The van der Waals surface area contributed by atoms with Crippen molar-refractivity contribution in [2.45, 2.75) is 52.1 Å². The van der Waals surface area contributed by atoms with Crippen LogP contribution in [-0.4, -0.2) is 43.8 Å². The summed E-state index contributed by atoms with van der Waals surface area (Å²) in [6, 6.07) is 1.10. The minimum absolute atomic E-state index is 0.219. The molecule has 0 aromatic heterocycles. The fourth-order valence-corrected chi connectivity index (χ4v) is 1.86. The summed E-state index contributed by atoms with van der Waals surface area (Å²) in [5.74, 6) is 0. The standard InChI is InChI=1S/C13H28N2O/c1-13(2,3)12(14)7-8-15(9-10-16-4)11-5-6-11/h11-12H,5-10,14H2,1-4H3.